The van der Waals surface area contributed by atoms with Crippen molar-refractivity contribution in [3.8, 4) is 0 Å². The molecular formula is C10H16F2O. The Kier molecular flexibility index (Phi) is 2.30. The quantitative estimate of drug-likeness (QED) is 0.570. The van der Waals surface area contributed by atoms with Gasteiger partial charge in [0.25, 0.3) is 0 Å². The minimum Gasteiger partial charge on any atom is -0.320 e. The molecule has 1 nitrogen and oxygen atoms in total. The first-order chi connectivity index (χ1) is 6.07. The Labute approximate surface area is 77.5 Å². The molecule has 0 aromatic carbocycles. The Morgan fingerprint density at radius 1 is 1.23 bits per heavy atom. The van der Waals surface area contributed by atoms with Gasteiger partial charge in [-0.05, 0) is 30.6 Å². The van der Waals surface area contributed by atoms with Crippen LogP contribution in [0.3, 0.4) is 0 Å². The number of hydrogen-bond donors (Lipinski definition) is 0. The van der Waals surface area contributed by atoms with Gasteiger partial charge in [0.15, 0.2) is 0 Å². The van der Waals surface area contributed by atoms with Crippen molar-refractivity contribution in [2.45, 2.75) is 38.7 Å². The molecule has 2 rings (SSSR count). The second kappa shape index (κ2) is 3.19. The molecule has 0 radical (unpaired) electrons. The van der Waals surface area contributed by atoms with Crippen LogP contribution >= 0.6 is 0 Å². The molecule has 0 N–H and O–H groups in total. The van der Waals surface area contributed by atoms with Gasteiger partial charge in [0.1, 0.15) is 0 Å². The maximum atomic E-state index is 12.9. The SMILES string of the molecule is CC1CCC2CC(F)(F)OCC2C1. The summed E-state index contributed by atoms with van der Waals surface area (Å²) in [5.41, 5.74) is 0. The Bertz CT molecular complexity index is 193. The highest BCUT2D eigenvalue weighted by molar-refractivity contribution is 4.83. The molecule has 0 aromatic heterocycles. The van der Waals surface area contributed by atoms with Crippen LogP contribution in [0.1, 0.15) is 32.6 Å². The standard InChI is InChI=1S/C10H16F2O/c1-7-2-3-8-5-10(11,12)13-6-9(8)4-7/h7-9H,2-6H2,1H3. The Morgan fingerprint density at radius 3 is 2.77 bits per heavy atom. The highest BCUT2D eigenvalue weighted by Gasteiger charge is 2.44. The van der Waals surface area contributed by atoms with Crippen LogP contribution in [0.15, 0.2) is 0 Å². The van der Waals surface area contributed by atoms with E-state index in [1.807, 2.05) is 0 Å². The first kappa shape index (κ1) is 9.38. The molecule has 1 heterocycles. The van der Waals surface area contributed by atoms with Crippen LogP contribution in [0.5, 0.6) is 0 Å². The van der Waals surface area contributed by atoms with Gasteiger partial charge >= 0.3 is 6.11 Å². The molecule has 1 saturated heterocycles. The lowest BCUT2D eigenvalue weighted by atomic mass is 9.72. The van der Waals surface area contributed by atoms with Gasteiger partial charge in [-0.2, -0.15) is 8.78 Å². The lowest BCUT2D eigenvalue weighted by Gasteiger charge is -2.40. The van der Waals surface area contributed by atoms with E-state index in [1.54, 1.807) is 0 Å². The van der Waals surface area contributed by atoms with Crippen molar-refractivity contribution < 1.29 is 13.5 Å². The van der Waals surface area contributed by atoms with Gasteiger partial charge in [-0.1, -0.05) is 13.3 Å². The average Bonchev–Trinajstić information content (AvgIpc) is 2.05. The van der Waals surface area contributed by atoms with E-state index < -0.39 is 6.11 Å². The summed E-state index contributed by atoms with van der Waals surface area (Å²) < 4.78 is 30.3. The minimum atomic E-state index is -2.85. The van der Waals surface area contributed by atoms with E-state index in [4.69, 9.17) is 0 Å². The van der Waals surface area contributed by atoms with Crippen LogP contribution in [0.2, 0.25) is 0 Å². The molecule has 0 aromatic rings. The summed E-state index contributed by atoms with van der Waals surface area (Å²) in [6.45, 7) is 2.46. The van der Waals surface area contributed by atoms with E-state index >= 15 is 0 Å². The summed E-state index contributed by atoms with van der Waals surface area (Å²) in [7, 11) is 0. The average molecular weight is 190 g/mol. The van der Waals surface area contributed by atoms with Crippen molar-refractivity contribution >= 4 is 0 Å². The van der Waals surface area contributed by atoms with Crippen molar-refractivity contribution in [2.75, 3.05) is 6.61 Å². The fourth-order valence-electron chi connectivity index (χ4n) is 2.63. The molecule has 76 valence electrons. The van der Waals surface area contributed by atoms with Crippen molar-refractivity contribution in [1.82, 2.24) is 0 Å². The first-order valence-electron chi connectivity index (χ1n) is 5.08. The molecule has 3 unspecified atom stereocenters. The van der Waals surface area contributed by atoms with E-state index in [0.29, 0.717) is 11.8 Å². The molecule has 3 heteroatoms. The van der Waals surface area contributed by atoms with E-state index in [-0.39, 0.29) is 18.9 Å². The van der Waals surface area contributed by atoms with Gasteiger partial charge in [0.05, 0.1) is 6.61 Å². The van der Waals surface area contributed by atoms with Gasteiger partial charge in [-0.15, -0.1) is 0 Å². The maximum absolute atomic E-state index is 12.9. The molecule has 2 aliphatic rings. The molecule has 2 fully saturated rings. The fraction of sp³-hybridized carbons (Fsp3) is 1.00. The lowest BCUT2D eigenvalue weighted by Crippen LogP contribution is -2.40. The number of rotatable bonds is 0. The number of ether oxygens (including phenoxy) is 1. The zero-order valence-electron chi connectivity index (χ0n) is 7.93. The fourth-order valence-corrected chi connectivity index (χ4v) is 2.63. The summed E-state index contributed by atoms with van der Waals surface area (Å²) in [6.07, 6.45) is 0.245. The van der Waals surface area contributed by atoms with E-state index in [2.05, 4.69) is 11.7 Å². The third-order valence-electron chi connectivity index (χ3n) is 3.41. The van der Waals surface area contributed by atoms with Gasteiger partial charge in [0.2, 0.25) is 0 Å². The zero-order valence-corrected chi connectivity index (χ0v) is 7.93. The lowest BCUT2D eigenvalue weighted by molar-refractivity contribution is -0.285. The largest absolute Gasteiger partial charge is 0.356 e. The van der Waals surface area contributed by atoms with Crippen molar-refractivity contribution in [3.63, 3.8) is 0 Å². The number of alkyl halides is 2. The van der Waals surface area contributed by atoms with E-state index in [0.717, 1.165) is 19.3 Å². The third-order valence-corrected chi connectivity index (χ3v) is 3.41. The molecule has 0 amide bonds. The van der Waals surface area contributed by atoms with E-state index in [9.17, 15) is 8.78 Å². The van der Waals surface area contributed by atoms with E-state index in [1.165, 1.54) is 0 Å². The van der Waals surface area contributed by atoms with Crippen molar-refractivity contribution in [2.24, 2.45) is 17.8 Å². The topological polar surface area (TPSA) is 9.23 Å². The van der Waals surface area contributed by atoms with Crippen LogP contribution in [-0.2, 0) is 4.74 Å². The molecule has 0 bridgehead atoms. The Balaban J connectivity index is 1.98. The molecule has 13 heavy (non-hydrogen) atoms. The normalized spacial score (nSPS) is 44.1. The smallest absolute Gasteiger partial charge is 0.320 e. The Hall–Kier alpha value is -0.180. The summed E-state index contributed by atoms with van der Waals surface area (Å²) >= 11 is 0. The molecule has 3 atom stereocenters. The zero-order chi connectivity index (χ0) is 9.47. The summed E-state index contributed by atoms with van der Waals surface area (Å²) in [5.74, 6) is 1.29. The highest BCUT2D eigenvalue weighted by atomic mass is 19.3. The predicted octanol–water partition coefficient (Wildman–Crippen LogP) is 3.05. The van der Waals surface area contributed by atoms with Gasteiger partial charge in [-0.3, -0.25) is 0 Å². The Morgan fingerprint density at radius 2 is 2.00 bits per heavy atom. The number of hydrogen-bond acceptors (Lipinski definition) is 1. The number of halogens is 2. The first-order valence-corrected chi connectivity index (χ1v) is 5.08. The van der Waals surface area contributed by atoms with Crippen LogP contribution in [-0.4, -0.2) is 12.7 Å². The molecular weight excluding hydrogens is 174 g/mol. The van der Waals surface area contributed by atoms with Gasteiger partial charge in [0, 0.05) is 6.42 Å². The van der Waals surface area contributed by atoms with Crippen molar-refractivity contribution in [3.05, 3.63) is 0 Å². The minimum absolute atomic E-state index is 0.0512. The second-order valence-corrected chi connectivity index (χ2v) is 4.59. The van der Waals surface area contributed by atoms with Crippen LogP contribution in [0.25, 0.3) is 0 Å². The molecule has 1 saturated carbocycles. The summed E-state index contributed by atoms with van der Waals surface area (Å²) in [5, 5.41) is 0. The van der Waals surface area contributed by atoms with Crippen LogP contribution in [0.4, 0.5) is 8.78 Å². The summed E-state index contributed by atoms with van der Waals surface area (Å²) in [4.78, 5) is 0. The maximum Gasteiger partial charge on any atom is 0.356 e. The molecule has 0 spiro atoms. The van der Waals surface area contributed by atoms with Gasteiger partial charge in [-0.25, -0.2) is 0 Å². The van der Waals surface area contributed by atoms with Crippen LogP contribution in [0, 0.1) is 17.8 Å². The highest BCUT2D eigenvalue weighted by Crippen LogP contribution is 2.44. The molecule has 1 aliphatic heterocycles. The predicted molar refractivity (Wildman–Crippen MR) is 45.5 cm³/mol. The van der Waals surface area contributed by atoms with Crippen molar-refractivity contribution in [1.29, 1.82) is 0 Å². The third kappa shape index (κ3) is 2.01. The monoisotopic (exact) mass is 190 g/mol. The van der Waals surface area contributed by atoms with Gasteiger partial charge < -0.3 is 4.74 Å². The molecule has 1 aliphatic carbocycles. The second-order valence-electron chi connectivity index (χ2n) is 4.59. The summed E-state index contributed by atoms with van der Waals surface area (Å²) in [6, 6.07) is 0. The van der Waals surface area contributed by atoms with Crippen LogP contribution < -0.4 is 0 Å². The number of fused-ring (bicyclic) bond motifs is 1.